The lowest BCUT2D eigenvalue weighted by molar-refractivity contribution is 0.536. The van der Waals surface area contributed by atoms with Crippen LogP contribution < -0.4 is 10.3 Å². The number of benzene rings is 2. The first-order valence-electron chi connectivity index (χ1n) is 14.8. The fourth-order valence-electron chi connectivity index (χ4n) is 5.08. The van der Waals surface area contributed by atoms with Gasteiger partial charge in [0.25, 0.3) is 0 Å². The van der Waals surface area contributed by atoms with E-state index in [4.69, 9.17) is 11.6 Å². The van der Waals surface area contributed by atoms with Crippen LogP contribution in [0.2, 0.25) is 5.02 Å². The molecule has 0 spiro atoms. The maximum absolute atomic E-state index is 12.7. The van der Waals surface area contributed by atoms with Crippen LogP contribution in [0.3, 0.4) is 0 Å². The van der Waals surface area contributed by atoms with E-state index in [1.165, 1.54) is 70.6 Å². The number of unbranched alkanes of at least 4 members (excludes halogenated alkanes) is 13. The van der Waals surface area contributed by atoms with Crippen molar-refractivity contribution in [2.24, 2.45) is 12.1 Å². The molecule has 0 aliphatic heterocycles. The van der Waals surface area contributed by atoms with Crippen molar-refractivity contribution >= 4 is 32.5 Å². The summed E-state index contributed by atoms with van der Waals surface area (Å²) in [5.74, 6) is 0.0865. The molecule has 0 atom stereocenters. The van der Waals surface area contributed by atoms with Crippen LogP contribution in [0.5, 0.6) is 0 Å². The van der Waals surface area contributed by atoms with Gasteiger partial charge in [0, 0.05) is 28.5 Å². The minimum absolute atomic E-state index is 0.0865. The normalized spacial score (nSPS) is 12.3. The van der Waals surface area contributed by atoms with E-state index in [1.54, 1.807) is 0 Å². The van der Waals surface area contributed by atoms with Crippen molar-refractivity contribution in [3.05, 3.63) is 65.1 Å². The number of nitrogens with one attached hydrogen (secondary N) is 1. The lowest BCUT2D eigenvalue weighted by atomic mass is 10.0. The lowest BCUT2D eigenvalue weighted by Gasteiger charge is -2.13. The summed E-state index contributed by atoms with van der Waals surface area (Å²) in [5, 5.41) is 5.97. The topological polar surface area (TPSA) is 63.5 Å². The molecule has 0 amide bonds. The van der Waals surface area contributed by atoms with Crippen molar-refractivity contribution in [3.8, 4) is 11.1 Å². The zero-order valence-electron chi connectivity index (χ0n) is 23.8. The van der Waals surface area contributed by atoms with E-state index in [9.17, 15) is 8.42 Å². The maximum atomic E-state index is 12.7. The molecule has 0 aliphatic carbocycles. The Labute approximate surface area is 240 Å². The number of aromatic nitrogens is 1. The van der Waals surface area contributed by atoms with Crippen LogP contribution in [-0.4, -0.2) is 18.7 Å². The van der Waals surface area contributed by atoms with Crippen molar-refractivity contribution in [1.29, 1.82) is 0 Å². The predicted molar refractivity (Wildman–Crippen MR) is 166 cm³/mol. The number of nitrogens with zero attached hydrogens (tertiary/aromatic N) is 2. The molecule has 1 heterocycles. The van der Waals surface area contributed by atoms with Crippen molar-refractivity contribution < 1.29 is 8.42 Å². The summed E-state index contributed by atoms with van der Waals surface area (Å²) in [4.78, 5) is 2.46. The van der Waals surface area contributed by atoms with Gasteiger partial charge in [-0.1, -0.05) is 138 Å². The molecule has 2 aromatic carbocycles. The molecule has 0 unspecified atom stereocenters. The van der Waals surface area contributed by atoms with Gasteiger partial charge in [-0.2, -0.15) is 0 Å². The van der Waals surface area contributed by atoms with Gasteiger partial charge in [0.15, 0.2) is 5.49 Å². The lowest BCUT2D eigenvalue weighted by Crippen LogP contribution is -2.28. The van der Waals surface area contributed by atoms with Crippen LogP contribution in [0.4, 0.5) is 0 Å². The van der Waals surface area contributed by atoms with Gasteiger partial charge in [-0.25, -0.2) is 13.2 Å². The summed E-state index contributed by atoms with van der Waals surface area (Å²) in [6, 6.07) is 17.5. The SMILES string of the molecule is CCCCCCCCCCCCCCCCS(=O)(=O)N/N=c1\cc(-c2ccccc2Cl)c2ccccc2n1C. The summed E-state index contributed by atoms with van der Waals surface area (Å²) < 4.78 is 27.2. The number of sulfonamides is 1. The summed E-state index contributed by atoms with van der Waals surface area (Å²) in [5.41, 5.74) is 3.27. The molecular formula is C32H46ClN3O2S. The molecule has 0 bridgehead atoms. The van der Waals surface area contributed by atoms with Gasteiger partial charge in [0.1, 0.15) is 0 Å². The zero-order chi connectivity index (χ0) is 27.9. The van der Waals surface area contributed by atoms with Crippen LogP contribution >= 0.6 is 11.6 Å². The first-order chi connectivity index (χ1) is 18.9. The van der Waals surface area contributed by atoms with E-state index in [0.717, 1.165) is 34.9 Å². The Morgan fingerprint density at radius 3 is 1.90 bits per heavy atom. The zero-order valence-corrected chi connectivity index (χ0v) is 25.4. The molecule has 0 fully saturated rings. The Hall–Kier alpha value is -2.31. The summed E-state index contributed by atoms with van der Waals surface area (Å²) in [7, 11) is -1.62. The first kappa shape index (κ1) is 31.2. The van der Waals surface area contributed by atoms with Gasteiger partial charge in [0.2, 0.25) is 10.0 Å². The second-order valence-electron chi connectivity index (χ2n) is 10.6. The second kappa shape index (κ2) is 16.7. The number of fused-ring (bicyclic) bond motifs is 1. The highest BCUT2D eigenvalue weighted by atomic mass is 35.5. The molecule has 0 radical (unpaired) electrons. The van der Waals surface area contributed by atoms with E-state index in [2.05, 4.69) is 16.9 Å². The number of pyridine rings is 1. The van der Waals surface area contributed by atoms with Crippen LogP contribution in [0.1, 0.15) is 96.8 Å². The molecule has 0 aliphatic rings. The average Bonchev–Trinajstić information content (AvgIpc) is 2.93. The minimum atomic E-state index is -3.51. The van der Waals surface area contributed by atoms with Gasteiger partial charge < -0.3 is 4.57 Å². The number of aryl methyl sites for hydroxylation is 1. The Balaban J connectivity index is 1.46. The molecular weight excluding hydrogens is 526 g/mol. The Morgan fingerprint density at radius 1 is 0.744 bits per heavy atom. The van der Waals surface area contributed by atoms with Crippen LogP contribution in [0.25, 0.3) is 22.0 Å². The molecule has 39 heavy (non-hydrogen) atoms. The van der Waals surface area contributed by atoms with Gasteiger partial charge in [-0.05, 0) is 30.2 Å². The first-order valence-corrected chi connectivity index (χ1v) is 16.8. The smallest absolute Gasteiger partial charge is 0.247 e. The van der Waals surface area contributed by atoms with E-state index in [-0.39, 0.29) is 5.75 Å². The van der Waals surface area contributed by atoms with Crippen molar-refractivity contribution in [1.82, 2.24) is 9.40 Å². The van der Waals surface area contributed by atoms with Crippen LogP contribution in [-0.2, 0) is 17.1 Å². The predicted octanol–water partition coefficient (Wildman–Crippen LogP) is 8.72. The van der Waals surface area contributed by atoms with Crippen LogP contribution in [0.15, 0.2) is 59.7 Å². The van der Waals surface area contributed by atoms with Crippen LogP contribution in [0, 0.1) is 0 Å². The third-order valence-corrected chi connectivity index (χ3v) is 8.93. The number of hydrogen-bond acceptors (Lipinski definition) is 3. The molecule has 214 valence electrons. The highest BCUT2D eigenvalue weighted by Gasteiger charge is 2.12. The fraction of sp³-hybridized carbons (Fsp3) is 0.531. The standard InChI is InChI=1S/C32H46ClN3O2S/c1-3-4-5-6-7-8-9-10-11-12-13-14-15-20-25-39(37,38)35-34-32-26-29(27-21-16-18-23-30(27)33)28-22-17-19-24-31(28)36(32)2/h16-19,21-24,26,35H,3-15,20,25H2,1-2H3/b34-32+. The summed E-state index contributed by atoms with van der Waals surface area (Å²) >= 11 is 6.50. The molecule has 0 saturated heterocycles. The summed E-state index contributed by atoms with van der Waals surface area (Å²) in [6.45, 7) is 2.26. The Morgan fingerprint density at radius 2 is 1.28 bits per heavy atom. The average molecular weight is 572 g/mol. The highest BCUT2D eigenvalue weighted by Crippen LogP contribution is 2.32. The van der Waals surface area contributed by atoms with E-state index >= 15 is 0 Å². The number of halogens is 1. The van der Waals surface area contributed by atoms with E-state index in [1.807, 2.05) is 66.2 Å². The van der Waals surface area contributed by atoms with E-state index < -0.39 is 10.0 Å². The molecule has 5 nitrogen and oxygen atoms in total. The molecule has 1 N–H and O–H groups in total. The van der Waals surface area contributed by atoms with Crippen molar-refractivity contribution in [2.45, 2.75) is 96.8 Å². The molecule has 7 heteroatoms. The molecule has 0 saturated carbocycles. The second-order valence-corrected chi connectivity index (χ2v) is 12.8. The largest absolute Gasteiger partial charge is 0.327 e. The van der Waals surface area contributed by atoms with Crippen molar-refractivity contribution in [2.75, 3.05) is 5.75 Å². The third-order valence-electron chi connectivity index (χ3n) is 7.40. The molecule has 3 rings (SSSR count). The number of para-hydroxylation sites is 1. The van der Waals surface area contributed by atoms with Gasteiger partial charge in [0.05, 0.1) is 5.75 Å². The Bertz CT molecular complexity index is 1330. The number of hydrogen-bond donors (Lipinski definition) is 1. The quantitative estimate of drug-likeness (QED) is 0.122. The van der Waals surface area contributed by atoms with Gasteiger partial charge in [-0.3, -0.25) is 0 Å². The maximum Gasteiger partial charge on any atom is 0.247 e. The minimum Gasteiger partial charge on any atom is -0.327 e. The molecule has 3 aromatic rings. The Kier molecular flexibility index (Phi) is 13.4. The van der Waals surface area contributed by atoms with Gasteiger partial charge in [-0.15, -0.1) is 5.10 Å². The third kappa shape index (κ3) is 10.3. The van der Waals surface area contributed by atoms with Gasteiger partial charge >= 0.3 is 0 Å². The fourth-order valence-corrected chi connectivity index (χ4v) is 6.22. The van der Waals surface area contributed by atoms with Crippen molar-refractivity contribution in [3.63, 3.8) is 0 Å². The molecule has 1 aromatic heterocycles. The summed E-state index contributed by atoms with van der Waals surface area (Å²) in [6.07, 6.45) is 17.3. The monoisotopic (exact) mass is 571 g/mol. The number of rotatable bonds is 18. The van der Waals surface area contributed by atoms with E-state index in [0.29, 0.717) is 16.9 Å². The highest BCUT2D eigenvalue weighted by molar-refractivity contribution is 7.89.